The van der Waals surface area contributed by atoms with Crippen molar-refractivity contribution in [3.63, 3.8) is 0 Å². The van der Waals surface area contributed by atoms with Gasteiger partial charge in [0.25, 0.3) is 0 Å². The number of benzene rings is 1. The van der Waals surface area contributed by atoms with E-state index >= 15 is 0 Å². The van der Waals surface area contributed by atoms with Crippen molar-refractivity contribution in [1.82, 2.24) is 9.97 Å². The van der Waals surface area contributed by atoms with Gasteiger partial charge in [0.15, 0.2) is 0 Å². The number of fused-ring (bicyclic) bond motifs is 1. The van der Waals surface area contributed by atoms with Gasteiger partial charge in [0, 0.05) is 16.3 Å². The predicted octanol–water partition coefficient (Wildman–Crippen LogP) is 6.45. The third kappa shape index (κ3) is 3.27. The number of halogens is 1. The molecule has 6 heteroatoms. The lowest BCUT2D eigenvalue weighted by Crippen LogP contribution is -1.87. The minimum atomic E-state index is 0.379. The molecule has 0 saturated carbocycles. The molecule has 3 heterocycles. The Morgan fingerprint density at radius 2 is 2.08 bits per heavy atom. The average Bonchev–Trinajstić information content (AvgIpc) is 3.31. The SMILES string of the molecule is Cc1ccc2nc(Cl)c(/C=C(\C#N)c3nc(-c4cccs4)cs3)cc2c1. The van der Waals surface area contributed by atoms with Crippen molar-refractivity contribution in [3.05, 3.63) is 68.4 Å². The van der Waals surface area contributed by atoms with E-state index in [-0.39, 0.29) is 0 Å². The molecule has 4 rings (SSSR count). The molecule has 0 aliphatic heterocycles. The molecule has 3 aromatic heterocycles. The van der Waals surface area contributed by atoms with Gasteiger partial charge in [-0.15, -0.1) is 22.7 Å². The summed E-state index contributed by atoms with van der Waals surface area (Å²) >= 11 is 9.42. The number of nitriles is 1. The zero-order valence-corrected chi connectivity index (χ0v) is 16.1. The van der Waals surface area contributed by atoms with E-state index in [4.69, 9.17) is 11.6 Å². The lowest BCUT2D eigenvalue weighted by Gasteiger charge is -2.04. The molecule has 3 nitrogen and oxygen atoms in total. The fraction of sp³-hybridized carbons (Fsp3) is 0.0500. The Kier molecular flexibility index (Phi) is 4.56. The third-order valence-electron chi connectivity index (χ3n) is 3.88. The average molecular weight is 394 g/mol. The Morgan fingerprint density at radius 3 is 2.85 bits per heavy atom. The number of thiophene rings is 1. The maximum atomic E-state index is 9.62. The topological polar surface area (TPSA) is 49.6 Å². The van der Waals surface area contributed by atoms with E-state index in [1.807, 2.05) is 48.0 Å². The maximum Gasteiger partial charge on any atom is 0.137 e. The van der Waals surface area contributed by atoms with Crippen LogP contribution in [0.25, 0.3) is 33.1 Å². The van der Waals surface area contributed by atoms with Crippen LogP contribution in [-0.2, 0) is 0 Å². The summed E-state index contributed by atoms with van der Waals surface area (Å²) in [6.45, 7) is 2.03. The number of hydrogen-bond acceptors (Lipinski definition) is 5. The number of aryl methyl sites for hydroxylation is 1. The summed E-state index contributed by atoms with van der Waals surface area (Å²) in [6.07, 6.45) is 1.76. The number of rotatable bonds is 3. The second kappa shape index (κ2) is 7.00. The Bertz CT molecular complexity index is 1170. The Morgan fingerprint density at radius 1 is 1.19 bits per heavy atom. The summed E-state index contributed by atoms with van der Waals surface area (Å²) in [4.78, 5) is 10.1. The summed E-state index contributed by atoms with van der Waals surface area (Å²) in [6, 6.07) is 14.2. The van der Waals surface area contributed by atoms with E-state index in [9.17, 15) is 5.26 Å². The number of pyridine rings is 1. The number of aromatic nitrogens is 2. The van der Waals surface area contributed by atoms with Gasteiger partial charge in [-0.2, -0.15) is 5.26 Å². The van der Waals surface area contributed by atoms with Crippen molar-refractivity contribution in [2.45, 2.75) is 6.92 Å². The van der Waals surface area contributed by atoms with Crippen molar-refractivity contribution in [2.75, 3.05) is 0 Å². The van der Waals surface area contributed by atoms with Crippen LogP contribution < -0.4 is 0 Å². The predicted molar refractivity (Wildman–Crippen MR) is 110 cm³/mol. The summed E-state index contributed by atoms with van der Waals surface area (Å²) < 4.78 is 0. The second-order valence-corrected chi connectivity index (χ2v) is 7.91. The van der Waals surface area contributed by atoms with Gasteiger partial charge in [0.05, 0.1) is 21.7 Å². The number of hydrogen-bond donors (Lipinski definition) is 0. The first-order valence-electron chi connectivity index (χ1n) is 7.82. The van der Waals surface area contributed by atoms with Crippen molar-refractivity contribution in [1.29, 1.82) is 5.26 Å². The highest BCUT2D eigenvalue weighted by molar-refractivity contribution is 7.14. The molecule has 0 saturated heterocycles. The van der Waals surface area contributed by atoms with Crippen LogP contribution in [0.5, 0.6) is 0 Å². The van der Waals surface area contributed by atoms with E-state index in [1.165, 1.54) is 11.3 Å². The summed E-state index contributed by atoms with van der Waals surface area (Å²) in [5.74, 6) is 0. The zero-order valence-electron chi connectivity index (χ0n) is 13.7. The van der Waals surface area contributed by atoms with Crippen LogP contribution in [0.15, 0.2) is 47.2 Å². The minimum absolute atomic E-state index is 0.379. The molecule has 0 amide bonds. The number of nitrogens with zero attached hydrogens (tertiary/aromatic N) is 3. The normalized spacial score (nSPS) is 11.7. The van der Waals surface area contributed by atoms with Gasteiger partial charge in [0.2, 0.25) is 0 Å². The summed E-state index contributed by atoms with van der Waals surface area (Å²) in [7, 11) is 0. The van der Waals surface area contributed by atoms with Crippen molar-refractivity contribution >= 4 is 56.8 Å². The van der Waals surface area contributed by atoms with Crippen molar-refractivity contribution in [2.24, 2.45) is 0 Å². The minimum Gasteiger partial charge on any atom is -0.235 e. The van der Waals surface area contributed by atoms with Gasteiger partial charge >= 0.3 is 0 Å². The first-order valence-corrected chi connectivity index (χ1v) is 9.96. The molecule has 1 aromatic carbocycles. The number of thiazole rings is 1. The van der Waals surface area contributed by atoms with Gasteiger partial charge in [0.1, 0.15) is 16.2 Å². The van der Waals surface area contributed by atoms with Crippen LogP contribution in [0.4, 0.5) is 0 Å². The van der Waals surface area contributed by atoms with Crippen LogP contribution >= 0.6 is 34.3 Å². The number of allylic oxidation sites excluding steroid dienone is 1. The lowest BCUT2D eigenvalue weighted by molar-refractivity contribution is 1.37. The summed E-state index contributed by atoms with van der Waals surface area (Å²) in [5, 5.41) is 15.6. The van der Waals surface area contributed by atoms with Gasteiger partial charge in [-0.1, -0.05) is 29.3 Å². The molecule has 0 N–H and O–H groups in total. The highest BCUT2D eigenvalue weighted by atomic mass is 35.5. The molecule has 0 spiro atoms. The van der Waals surface area contributed by atoms with Crippen molar-refractivity contribution < 1.29 is 0 Å². The molecule has 0 aliphatic carbocycles. The van der Waals surface area contributed by atoms with Crippen molar-refractivity contribution in [3.8, 4) is 16.6 Å². The molecule has 0 radical (unpaired) electrons. The molecule has 0 fully saturated rings. The Labute approximate surface area is 163 Å². The Hall–Kier alpha value is -2.52. The van der Waals surface area contributed by atoms with E-state index < -0.39 is 0 Å². The highest BCUT2D eigenvalue weighted by Gasteiger charge is 2.11. The van der Waals surface area contributed by atoms with E-state index in [0.717, 1.165) is 27.0 Å². The maximum absolute atomic E-state index is 9.62. The lowest BCUT2D eigenvalue weighted by atomic mass is 10.1. The zero-order chi connectivity index (χ0) is 18.1. The Balaban J connectivity index is 1.77. The van der Waals surface area contributed by atoms with Gasteiger partial charge in [-0.25, -0.2) is 9.97 Å². The first kappa shape index (κ1) is 16.9. The molecule has 0 atom stereocenters. The highest BCUT2D eigenvalue weighted by Crippen LogP contribution is 2.31. The van der Waals surface area contributed by atoms with Gasteiger partial charge in [-0.05, 0) is 42.6 Å². The van der Waals surface area contributed by atoms with Crippen LogP contribution in [0.2, 0.25) is 5.15 Å². The van der Waals surface area contributed by atoms with E-state index in [0.29, 0.717) is 21.3 Å². The fourth-order valence-electron chi connectivity index (χ4n) is 2.62. The molecule has 0 unspecified atom stereocenters. The van der Waals surface area contributed by atoms with E-state index in [2.05, 4.69) is 22.1 Å². The monoisotopic (exact) mass is 393 g/mol. The second-order valence-electron chi connectivity index (χ2n) is 5.75. The first-order chi connectivity index (χ1) is 12.6. The van der Waals surface area contributed by atoms with Crippen LogP contribution in [0, 0.1) is 18.3 Å². The molecular weight excluding hydrogens is 382 g/mol. The van der Waals surface area contributed by atoms with Crippen LogP contribution in [0.1, 0.15) is 16.1 Å². The molecule has 0 bridgehead atoms. The largest absolute Gasteiger partial charge is 0.235 e. The van der Waals surface area contributed by atoms with Gasteiger partial charge < -0.3 is 0 Å². The fourth-order valence-corrected chi connectivity index (χ4v) is 4.37. The van der Waals surface area contributed by atoms with E-state index in [1.54, 1.807) is 17.4 Å². The molecule has 4 aromatic rings. The molecular formula is C20H12ClN3S2. The third-order valence-corrected chi connectivity index (χ3v) is 5.95. The quantitative estimate of drug-likeness (QED) is 0.297. The smallest absolute Gasteiger partial charge is 0.137 e. The molecule has 0 aliphatic rings. The summed E-state index contributed by atoms with van der Waals surface area (Å²) in [5.41, 5.74) is 4.07. The van der Waals surface area contributed by atoms with Gasteiger partial charge in [-0.3, -0.25) is 0 Å². The van der Waals surface area contributed by atoms with Crippen LogP contribution in [-0.4, -0.2) is 9.97 Å². The van der Waals surface area contributed by atoms with Crippen LogP contribution in [0.3, 0.4) is 0 Å². The standard InChI is InChI=1S/C20H12ClN3S2/c1-12-4-5-16-13(7-12)8-14(19(21)23-16)9-15(10-22)20-24-17(11-26-20)18-3-2-6-25-18/h2-9,11H,1H3/b15-9+. The molecule has 126 valence electrons. The molecule has 26 heavy (non-hydrogen) atoms.